The Hall–Kier alpha value is -2.80. The third kappa shape index (κ3) is 3.89. The number of carbonyl (C=O) groups excluding carboxylic acids is 1. The average Bonchev–Trinajstić information content (AvgIpc) is 2.85. The van der Waals surface area contributed by atoms with Gasteiger partial charge < -0.3 is 16.8 Å². The Labute approximate surface area is 168 Å². The van der Waals surface area contributed by atoms with Gasteiger partial charge in [-0.05, 0) is 43.2 Å². The van der Waals surface area contributed by atoms with E-state index in [1.165, 1.54) is 31.0 Å². The van der Waals surface area contributed by atoms with E-state index in [1.807, 2.05) is 30.3 Å². The van der Waals surface area contributed by atoms with Gasteiger partial charge in [-0.25, -0.2) is 4.99 Å². The first-order valence-corrected chi connectivity index (χ1v) is 10.3. The zero-order valence-corrected chi connectivity index (χ0v) is 16.3. The van der Waals surface area contributed by atoms with Gasteiger partial charge in [-0.2, -0.15) is 0 Å². The summed E-state index contributed by atoms with van der Waals surface area (Å²) in [6, 6.07) is 9.49. The number of carbonyl (C=O) groups is 1. The van der Waals surface area contributed by atoms with Gasteiger partial charge in [0.05, 0.1) is 22.1 Å². The van der Waals surface area contributed by atoms with Crippen LogP contribution in [0.5, 0.6) is 0 Å². The van der Waals surface area contributed by atoms with E-state index < -0.39 is 0 Å². The van der Waals surface area contributed by atoms with E-state index in [0.717, 1.165) is 23.3 Å². The standard InChI is InChI=1S/C21H23N5OS/c22-18-19(14-5-4-10-24-12-14)26-16-11-13(8-9-17(16)28-20(18)23)21(27)25-15-6-2-1-3-7-15/h4-5,8-12,15H,1-3,6-7,22-23H2,(H,25,27). The minimum atomic E-state index is -0.0593. The molecule has 1 aromatic carbocycles. The van der Waals surface area contributed by atoms with Gasteiger partial charge >= 0.3 is 0 Å². The zero-order chi connectivity index (χ0) is 19.5. The number of fused-ring (bicyclic) bond motifs is 1. The lowest BCUT2D eigenvalue weighted by Crippen LogP contribution is -2.36. The van der Waals surface area contributed by atoms with Crippen LogP contribution < -0.4 is 16.8 Å². The van der Waals surface area contributed by atoms with Crippen molar-refractivity contribution >= 4 is 29.1 Å². The predicted molar refractivity (Wildman–Crippen MR) is 112 cm³/mol. The molecule has 0 radical (unpaired) electrons. The largest absolute Gasteiger partial charge is 0.395 e. The molecule has 28 heavy (non-hydrogen) atoms. The summed E-state index contributed by atoms with van der Waals surface area (Å²) in [5.74, 6) is -0.0593. The molecule has 4 rings (SSSR count). The van der Waals surface area contributed by atoms with Crippen LogP contribution in [0.4, 0.5) is 5.69 Å². The SMILES string of the molecule is NC1=C(N)C(c2cccnc2)=Nc2cc(C(=O)NC3CCCCC3)ccc2S1. The minimum Gasteiger partial charge on any atom is -0.395 e. The van der Waals surface area contributed by atoms with Crippen LogP contribution in [0.15, 0.2) is 63.3 Å². The van der Waals surface area contributed by atoms with Crippen molar-refractivity contribution in [3.63, 3.8) is 0 Å². The lowest BCUT2D eigenvalue weighted by Gasteiger charge is -2.22. The summed E-state index contributed by atoms with van der Waals surface area (Å²) < 4.78 is 0. The molecule has 1 fully saturated rings. The van der Waals surface area contributed by atoms with Crippen LogP contribution in [-0.4, -0.2) is 22.6 Å². The van der Waals surface area contributed by atoms with Crippen LogP contribution in [0.25, 0.3) is 0 Å². The topological polar surface area (TPSA) is 106 Å². The summed E-state index contributed by atoms with van der Waals surface area (Å²) in [4.78, 5) is 22.5. The summed E-state index contributed by atoms with van der Waals surface area (Å²) in [6.45, 7) is 0. The van der Waals surface area contributed by atoms with Crippen LogP contribution in [0.1, 0.15) is 48.0 Å². The molecular weight excluding hydrogens is 370 g/mol. The Morgan fingerprint density at radius 3 is 2.71 bits per heavy atom. The van der Waals surface area contributed by atoms with Crippen LogP contribution in [0.2, 0.25) is 0 Å². The quantitative estimate of drug-likeness (QED) is 0.740. The zero-order valence-electron chi connectivity index (χ0n) is 15.5. The summed E-state index contributed by atoms with van der Waals surface area (Å²) in [6.07, 6.45) is 9.10. The van der Waals surface area contributed by atoms with Gasteiger partial charge in [0.15, 0.2) is 0 Å². The molecule has 1 aromatic heterocycles. The molecule has 0 saturated heterocycles. The third-order valence-corrected chi connectivity index (χ3v) is 6.07. The highest BCUT2D eigenvalue weighted by atomic mass is 32.2. The number of hydrogen-bond acceptors (Lipinski definition) is 6. The Morgan fingerprint density at radius 1 is 1.14 bits per heavy atom. The Kier molecular flexibility index (Phi) is 5.34. The summed E-state index contributed by atoms with van der Waals surface area (Å²) in [7, 11) is 0. The number of rotatable bonds is 3. The molecule has 0 unspecified atom stereocenters. The van der Waals surface area contributed by atoms with Crippen LogP contribution in [0.3, 0.4) is 0 Å². The number of aliphatic imine (C=N–C) groups is 1. The highest BCUT2D eigenvalue weighted by Crippen LogP contribution is 2.37. The maximum Gasteiger partial charge on any atom is 0.251 e. The second-order valence-corrected chi connectivity index (χ2v) is 8.16. The molecule has 1 amide bonds. The monoisotopic (exact) mass is 393 g/mol. The molecule has 5 N–H and O–H groups in total. The predicted octanol–water partition coefficient (Wildman–Crippen LogP) is 3.46. The molecule has 7 heteroatoms. The average molecular weight is 394 g/mol. The van der Waals surface area contributed by atoms with E-state index in [-0.39, 0.29) is 11.9 Å². The van der Waals surface area contributed by atoms with Gasteiger partial charge in [0.2, 0.25) is 0 Å². The lowest BCUT2D eigenvalue weighted by molar-refractivity contribution is 0.0927. The van der Waals surface area contributed by atoms with Crippen LogP contribution >= 0.6 is 11.8 Å². The van der Waals surface area contributed by atoms with E-state index in [2.05, 4.69) is 10.3 Å². The van der Waals surface area contributed by atoms with E-state index in [1.54, 1.807) is 12.4 Å². The Bertz CT molecular complexity index is 949. The third-order valence-electron chi connectivity index (χ3n) is 5.07. The van der Waals surface area contributed by atoms with Gasteiger partial charge in [-0.3, -0.25) is 9.78 Å². The van der Waals surface area contributed by atoms with Crippen molar-refractivity contribution in [3.8, 4) is 0 Å². The van der Waals surface area contributed by atoms with Gasteiger partial charge in [-0.15, -0.1) is 0 Å². The fourth-order valence-electron chi connectivity index (χ4n) is 3.54. The van der Waals surface area contributed by atoms with Crippen molar-refractivity contribution in [1.29, 1.82) is 0 Å². The van der Waals surface area contributed by atoms with E-state index in [4.69, 9.17) is 16.5 Å². The molecule has 0 spiro atoms. The molecule has 144 valence electrons. The molecule has 2 heterocycles. The fourth-order valence-corrected chi connectivity index (χ4v) is 4.33. The number of aromatic nitrogens is 1. The van der Waals surface area contributed by atoms with Crippen LogP contribution in [-0.2, 0) is 0 Å². The van der Waals surface area contributed by atoms with Crippen molar-refractivity contribution in [2.75, 3.05) is 0 Å². The molecule has 1 aliphatic carbocycles. The number of hydrogen-bond donors (Lipinski definition) is 3. The van der Waals surface area contributed by atoms with Gasteiger partial charge in [0, 0.05) is 34.5 Å². The fraction of sp³-hybridized carbons (Fsp3) is 0.286. The molecule has 0 bridgehead atoms. The summed E-state index contributed by atoms with van der Waals surface area (Å²) in [5, 5.41) is 3.64. The van der Waals surface area contributed by atoms with Gasteiger partial charge in [-0.1, -0.05) is 31.0 Å². The van der Waals surface area contributed by atoms with Crippen LogP contribution in [0, 0.1) is 0 Å². The lowest BCUT2D eigenvalue weighted by atomic mass is 9.95. The maximum atomic E-state index is 12.7. The van der Waals surface area contributed by atoms with Crippen molar-refractivity contribution in [2.24, 2.45) is 16.5 Å². The van der Waals surface area contributed by atoms with Crippen molar-refractivity contribution in [3.05, 3.63) is 64.6 Å². The van der Waals surface area contributed by atoms with E-state index >= 15 is 0 Å². The molecule has 2 aromatic rings. The normalized spacial score (nSPS) is 17.5. The number of nitrogens with zero attached hydrogens (tertiary/aromatic N) is 2. The molecule has 2 aliphatic rings. The second-order valence-electron chi connectivity index (χ2n) is 7.07. The smallest absolute Gasteiger partial charge is 0.251 e. The maximum absolute atomic E-state index is 12.7. The number of nitrogens with two attached hydrogens (primary N) is 2. The van der Waals surface area contributed by atoms with Crippen molar-refractivity contribution in [2.45, 2.75) is 43.0 Å². The van der Waals surface area contributed by atoms with E-state index in [0.29, 0.717) is 27.7 Å². The number of pyridine rings is 1. The minimum absolute atomic E-state index is 0.0593. The first kappa shape index (κ1) is 18.6. The number of thioether (sulfide) groups is 1. The van der Waals surface area contributed by atoms with Gasteiger partial charge in [0.1, 0.15) is 0 Å². The highest BCUT2D eigenvalue weighted by molar-refractivity contribution is 8.03. The first-order chi connectivity index (χ1) is 13.6. The molecule has 1 saturated carbocycles. The van der Waals surface area contributed by atoms with E-state index in [9.17, 15) is 4.79 Å². The number of nitrogens with one attached hydrogen (secondary N) is 1. The number of benzene rings is 1. The molecule has 1 aliphatic heterocycles. The number of allylic oxidation sites excluding steroid dienone is 1. The molecule has 0 atom stereocenters. The van der Waals surface area contributed by atoms with Crippen molar-refractivity contribution < 1.29 is 4.79 Å². The second kappa shape index (κ2) is 8.06. The Morgan fingerprint density at radius 2 is 1.96 bits per heavy atom. The van der Waals surface area contributed by atoms with Crippen molar-refractivity contribution in [1.82, 2.24) is 10.3 Å². The number of amides is 1. The van der Waals surface area contributed by atoms with Gasteiger partial charge in [0.25, 0.3) is 5.91 Å². The highest BCUT2D eigenvalue weighted by Gasteiger charge is 2.21. The molecular formula is C21H23N5OS. The Balaban J connectivity index is 1.66. The summed E-state index contributed by atoms with van der Waals surface area (Å²) >= 11 is 1.36. The summed E-state index contributed by atoms with van der Waals surface area (Å²) in [5.41, 5.74) is 15.5. The first-order valence-electron chi connectivity index (χ1n) is 9.49. The molecule has 6 nitrogen and oxygen atoms in total.